The quantitative estimate of drug-likeness (QED) is 0.453. The van der Waals surface area contributed by atoms with Crippen molar-refractivity contribution in [1.29, 1.82) is 0 Å². The highest BCUT2D eigenvalue weighted by atomic mass is 16.5. The van der Waals surface area contributed by atoms with E-state index in [9.17, 15) is 19.2 Å². The van der Waals surface area contributed by atoms with Crippen LogP contribution in [-0.4, -0.2) is 42.9 Å². The summed E-state index contributed by atoms with van der Waals surface area (Å²) in [4.78, 5) is 49.9. The largest absolute Gasteiger partial charge is 0.467 e. The summed E-state index contributed by atoms with van der Waals surface area (Å²) in [6.07, 6.45) is 9.87. The number of amides is 1. The SMILES string of the molecule is COC(=O)[C@H](Cc1ccccc1)NC(=O)CCC(=O)O[C@H]1CC[C@H]2[C@@H]3CCC4=CC(=O)CC[C@]4(C)[C@H]3CC[C@]12C. The molecular weight excluding hydrogens is 506 g/mol. The van der Waals surface area contributed by atoms with Gasteiger partial charge in [-0.05, 0) is 79.8 Å². The number of ether oxygens (including phenoxy) is 2. The number of allylic oxidation sites excluding steroid dienone is 1. The van der Waals surface area contributed by atoms with E-state index < -0.39 is 12.0 Å². The molecule has 0 aliphatic heterocycles. The molecule has 5 rings (SSSR count). The fourth-order valence-corrected chi connectivity index (χ4v) is 8.59. The first kappa shape index (κ1) is 28.6. The van der Waals surface area contributed by atoms with Crippen molar-refractivity contribution in [2.75, 3.05) is 7.11 Å². The molecule has 0 spiro atoms. The molecule has 0 aromatic heterocycles. The average molecular weight is 550 g/mol. The van der Waals surface area contributed by atoms with Gasteiger partial charge in [0.1, 0.15) is 12.1 Å². The van der Waals surface area contributed by atoms with Crippen molar-refractivity contribution in [3.63, 3.8) is 0 Å². The Morgan fingerprint density at radius 3 is 2.50 bits per heavy atom. The van der Waals surface area contributed by atoms with Gasteiger partial charge in [0, 0.05) is 24.7 Å². The molecule has 7 heteroatoms. The highest BCUT2D eigenvalue weighted by molar-refractivity contribution is 5.91. The summed E-state index contributed by atoms with van der Waals surface area (Å²) in [7, 11) is 1.30. The fraction of sp³-hybridized carbons (Fsp3) is 0.636. The summed E-state index contributed by atoms with van der Waals surface area (Å²) in [5, 5.41) is 2.73. The Labute approximate surface area is 237 Å². The third kappa shape index (κ3) is 5.48. The van der Waals surface area contributed by atoms with Crippen molar-refractivity contribution >= 4 is 23.6 Å². The van der Waals surface area contributed by atoms with E-state index in [1.165, 1.54) is 12.7 Å². The van der Waals surface area contributed by atoms with Crippen molar-refractivity contribution in [1.82, 2.24) is 5.32 Å². The Morgan fingerprint density at radius 1 is 0.975 bits per heavy atom. The highest BCUT2D eigenvalue weighted by Gasteiger charge is 2.60. The van der Waals surface area contributed by atoms with Gasteiger partial charge in [0.25, 0.3) is 0 Å². The van der Waals surface area contributed by atoms with Gasteiger partial charge in [-0.2, -0.15) is 0 Å². The second kappa shape index (κ2) is 11.5. The summed E-state index contributed by atoms with van der Waals surface area (Å²) >= 11 is 0. The molecule has 1 aromatic carbocycles. The van der Waals surface area contributed by atoms with Gasteiger partial charge in [0.05, 0.1) is 13.5 Å². The third-order valence-corrected chi connectivity index (χ3v) is 10.8. The van der Waals surface area contributed by atoms with Gasteiger partial charge in [-0.3, -0.25) is 14.4 Å². The normalized spacial score (nSPS) is 33.5. The summed E-state index contributed by atoms with van der Waals surface area (Å²) in [6.45, 7) is 4.68. The zero-order chi connectivity index (χ0) is 28.5. The summed E-state index contributed by atoms with van der Waals surface area (Å²) < 4.78 is 10.9. The number of carbonyl (C=O) groups is 4. The van der Waals surface area contributed by atoms with Crippen LogP contribution in [0.1, 0.15) is 83.6 Å². The zero-order valence-corrected chi connectivity index (χ0v) is 24.1. The number of hydrogen-bond acceptors (Lipinski definition) is 6. The Kier molecular flexibility index (Phi) is 8.21. The summed E-state index contributed by atoms with van der Waals surface area (Å²) in [5.74, 6) is 0.753. The van der Waals surface area contributed by atoms with Crippen LogP contribution >= 0.6 is 0 Å². The second-order valence-corrected chi connectivity index (χ2v) is 12.9. The van der Waals surface area contributed by atoms with Gasteiger partial charge in [0.15, 0.2) is 5.78 Å². The Hall–Kier alpha value is -2.96. The van der Waals surface area contributed by atoms with Crippen LogP contribution in [0.3, 0.4) is 0 Å². The van der Waals surface area contributed by atoms with Gasteiger partial charge in [-0.15, -0.1) is 0 Å². The van der Waals surface area contributed by atoms with Crippen molar-refractivity contribution in [3.8, 4) is 0 Å². The number of carbonyl (C=O) groups excluding carboxylic acids is 4. The molecule has 7 atom stereocenters. The number of nitrogens with one attached hydrogen (secondary N) is 1. The molecule has 0 unspecified atom stereocenters. The van der Waals surface area contributed by atoms with Gasteiger partial charge >= 0.3 is 11.9 Å². The Morgan fingerprint density at radius 2 is 1.75 bits per heavy atom. The van der Waals surface area contributed by atoms with Crippen molar-refractivity contribution < 1.29 is 28.7 Å². The van der Waals surface area contributed by atoms with Crippen LogP contribution in [0.2, 0.25) is 0 Å². The van der Waals surface area contributed by atoms with E-state index in [4.69, 9.17) is 9.47 Å². The molecule has 1 amide bonds. The van der Waals surface area contributed by atoms with E-state index in [1.807, 2.05) is 36.4 Å². The van der Waals surface area contributed by atoms with Crippen LogP contribution in [-0.2, 0) is 35.1 Å². The first-order chi connectivity index (χ1) is 19.1. The predicted octanol–water partition coefficient (Wildman–Crippen LogP) is 5.11. The lowest BCUT2D eigenvalue weighted by Gasteiger charge is -2.57. The maximum absolute atomic E-state index is 12.9. The maximum atomic E-state index is 12.9. The fourth-order valence-electron chi connectivity index (χ4n) is 8.59. The molecular formula is C33H43NO6. The molecule has 0 heterocycles. The molecule has 1 N–H and O–H groups in total. The summed E-state index contributed by atoms with van der Waals surface area (Å²) in [6, 6.07) is 8.62. The molecule has 0 radical (unpaired) electrons. The molecule has 7 nitrogen and oxygen atoms in total. The van der Waals surface area contributed by atoms with Crippen molar-refractivity contribution in [2.45, 2.75) is 96.6 Å². The van der Waals surface area contributed by atoms with Crippen LogP contribution in [0.4, 0.5) is 0 Å². The number of rotatable bonds is 8. The molecule has 1 aromatic rings. The van der Waals surface area contributed by atoms with Crippen molar-refractivity contribution in [3.05, 3.63) is 47.5 Å². The van der Waals surface area contributed by atoms with Gasteiger partial charge in [-0.25, -0.2) is 4.79 Å². The molecule has 0 saturated heterocycles. The first-order valence-corrected chi connectivity index (χ1v) is 15.0. The standard InChI is InChI=1S/C33H43NO6/c1-32-17-15-23(35)20-22(32)9-10-24-25-11-12-28(33(25,2)18-16-26(24)32)40-30(37)14-13-29(36)34-27(31(38)39-3)19-21-7-5-4-6-8-21/h4-8,20,24-28H,9-19H2,1-3H3,(H,34,36)/t24-,25-,26-,27-,28-,32-,33-/m0/s1. The van der Waals surface area contributed by atoms with Crippen LogP contribution in [0.15, 0.2) is 42.0 Å². The monoisotopic (exact) mass is 549 g/mol. The zero-order valence-electron chi connectivity index (χ0n) is 24.1. The number of fused-ring (bicyclic) bond motifs is 5. The van der Waals surface area contributed by atoms with Crippen LogP contribution in [0.25, 0.3) is 0 Å². The minimum Gasteiger partial charge on any atom is -0.467 e. The molecule has 4 aliphatic carbocycles. The molecule has 216 valence electrons. The lowest BCUT2D eigenvalue weighted by Crippen LogP contribution is -2.51. The van der Waals surface area contributed by atoms with E-state index in [1.54, 1.807) is 0 Å². The number of esters is 2. The average Bonchev–Trinajstić information content (AvgIpc) is 3.27. The summed E-state index contributed by atoms with van der Waals surface area (Å²) in [5.41, 5.74) is 2.36. The van der Waals surface area contributed by atoms with Crippen LogP contribution in [0.5, 0.6) is 0 Å². The van der Waals surface area contributed by atoms with Crippen molar-refractivity contribution in [2.24, 2.45) is 28.6 Å². The second-order valence-electron chi connectivity index (χ2n) is 12.9. The topological polar surface area (TPSA) is 98.8 Å². The number of benzene rings is 1. The van der Waals surface area contributed by atoms with Crippen LogP contribution < -0.4 is 5.32 Å². The number of methoxy groups -OCH3 is 1. The van der Waals surface area contributed by atoms with E-state index in [2.05, 4.69) is 19.2 Å². The Balaban J connectivity index is 1.15. The molecule has 3 fully saturated rings. The maximum Gasteiger partial charge on any atom is 0.328 e. The third-order valence-electron chi connectivity index (χ3n) is 10.8. The predicted molar refractivity (Wildman–Crippen MR) is 150 cm³/mol. The van der Waals surface area contributed by atoms with Gasteiger partial charge in [-0.1, -0.05) is 49.8 Å². The molecule has 0 bridgehead atoms. The highest BCUT2D eigenvalue weighted by Crippen LogP contribution is 2.65. The number of hydrogen-bond donors (Lipinski definition) is 1. The Bertz CT molecular complexity index is 1180. The number of ketones is 1. The lowest BCUT2D eigenvalue weighted by molar-refractivity contribution is -0.160. The first-order valence-electron chi connectivity index (χ1n) is 15.0. The van der Waals surface area contributed by atoms with E-state index in [0.29, 0.717) is 30.6 Å². The minimum absolute atomic E-state index is 0.0192. The van der Waals surface area contributed by atoms with E-state index in [-0.39, 0.29) is 47.4 Å². The molecule has 40 heavy (non-hydrogen) atoms. The lowest BCUT2D eigenvalue weighted by atomic mass is 9.47. The molecule has 3 saturated carbocycles. The van der Waals surface area contributed by atoms with E-state index in [0.717, 1.165) is 50.5 Å². The molecule has 4 aliphatic rings. The van der Waals surface area contributed by atoms with Gasteiger partial charge < -0.3 is 14.8 Å². The smallest absolute Gasteiger partial charge is 0.328 e. The minimum atomic E-state index is -0.810. The van der Waals surface area contributed by atoms with E-state index >= 15 is 0 Å². The van der Waals surface area contributed by atoms with Crippen LogP contribution in [0, 0.1) is 28.6 Å². The van der Waals surface area contributed by atoms with Gasteiger partial charge in [0.2, 0.25) is 5.91 Å².